The third-order valence-electron chi connectivity index (χ3n) is 6.29. The SMILES string of the molecule is O=Cc1ccccc1-c1cnc2c(C(F)(F)F)cccc2c1-c1cccc(OCc2ccc(CCl)cc2)c1. The van der Waals surface area contributed by atoms with Gasteiger partial charge in [-0.1, -0.05) is 72.8 Å². The number of benzene rings is 4. The Morgan fingerprint density at radius 2 is 1.58 bits per heavy atom. The summed E-state index contributed by atoms with van der Waals surface area (Å²) in [5, 5.41) is 0.326. The maximum absolute atomic E-state index is 13.9. The zero-order valence-electron chi connectivity index (χ0n) is 20.0. The second kappa shape index (κ2) is 10.7. The molecule has 0 unspecified atom stereocenters. The molecule has 0 aliphatic rings. The van der Waals surface area contributed by atoms with Crippen molar-refractivity contribution in [2.45, 2.75) is 18.7 Å². The van der Waals surface area contributed by atoms with Gasteiger partial charge in [-0.05, 0) is 40.5 Å². The molecule has 0 bridgehead atoms. The molecule has 5 aromatic rings. The van der Waals surface area contributed by atoms with Gasteiger partial charge in [0.15, 0.2) is 6.29 Å². The number of hydrogen-bond acceptors (Lipinski definition) is 3. The lowest BCUT2D eigenvalue weighted by Crippen LogP contribution is -2.07. The van der Waals surface area contributed by atoms with Gasteiger partial charge in [-0.2, -0.15) is 13.2 Å². The number of halogens is 4. The number of para-hydroxylation sites is 1. The predicted molar refractivity (Wildman–Crippen MR) is 143 cm³/mol. The van der Waals surface area contributed by atoms with Gasteiger partial charge in [0.25, 0.3) is 0 Å². The van der Waals surface area contributed by atoms with E-state index in [1.165, 1.54) is 12.3 Å². The molecule has 0 fully saturated rings. The highest BCUT2D eigenvalue weighted by Gasteiger charge is 2.34. The van der Waals surface area contributed by atoms with Crippen LogP contribution in [0.5, 0.6) is 5.75 Å². The Hall–Kier alpha value is -4.16. The molecule has 0 aliphatic heterocycles. The molecule has 7 heteroatoms. The first-order valence-corrected chi connectivity index (χ1v) is 12.3. The van der Waals surface area contributed by atoms with Crippen LogP contribution in [0.2, 0.25) is 0 Å². The van der Waals surface area contributed by atoms with Crippen LogP contribution in [0.25, 0.3) is 33.2 Å². The Morgan fingerprint density at radius 3 is 2.32 bits per heavy atom. The van der Waals surface area contributed by atoms with Crippen LogP contribution in [0, 0.1) is 0 Å². The fourth-order valence-corrected chi connectivity index (χ4v) is 4.62. The summed E-state index contributed by atoms with van der Waals surface area (Å²) in [5.74, 6) is 0.977. The summed E-state index contributed by atoms with van der Waals surface area (Å²) in [5.41, 5.74) is 3.69. The monoisotopic (exact) mass is 531 g/mol. The summed E-state index contributed by atoms with van der Waals surface area (Å²) in [6.07, 6.45) is -2.44. The molecule has 5 rings (SSSR count). The van der Waals surface area contributed by atoms with Crippen LogP contribution < -0.4 is 4.74 Å². The van der Waals surface area contributed by atoms with Crippen molar-refractivity contribution in [2.24, 2.45) is 0 Å². The van der Waals surface area contributed by atoms with Crippen molar-refractivity contribution in [1.82, 2.24) is 4.98 Å². The summed E-state index contributed by atoms with van der Waals surface area (Å²) in [7, 11) is 0. The first-order valence-electron chi connectivity index (χ1n) is 11.8. The molecular weight excluding hydrogens is 511 g/mol. The number of nitrogens with zero attached hydrogens (tertiary/aromatic N) is 1. The van der Waals surface area contributed by atoms with Crippen molar-refractivity contribution in [1.29, 1.82) is 0 Å². The summed E-state index contributed by atoms with van der Waals surface area (Å²) < 4.78 is 47.6. The van der Waals surface area contributed by atoms with Crippen molar-refractivity contribution >= 4 is 28.8 Å². The molecule has 4 aromatic carbocycles. The highest BCUT2D eigenvalue weighted by molar-refractivity contribution is 6.17. The number of carbonyl (C=O) groups is 1. The predicted octanol–water partition coefficient (Wildman–Crippen LogP) is 8.72. The minimum absolute atomic E-state index is 0.159. The van der Waals surface area contributed by atoms with Gasteiger partial charge in [-0.15, -0.1) is 11.6 Å². The van der Waals surface area contributed by atoms with Crippen LogP contribution in [-0.2, 0) is 18.7 Å². The minimum atomic E-state index is -4.57. The zero-order valence-corrected chi connectivity index (χ0v) is 20.8. The van der Waals surface area contributed by atoms with Gasteiger partial charge in [-0.25, -0.2) is 0 Å². The van der Waals surface area contributed by atoms with Crippen molar-refractivity contribution in [3.63, 3.8) is 0 Å². The maximum Gasteiger partial charge on any atom is 0.418 e. The topological polar surface area (TPSA) is 39.2 Å². The molecule has 0 saturated heterocycles. The van der Waals surface area contributed by atoms with Crippen molar-refractivity contribution in [3.05, 3.63) is 119 Å². The number of rotatable bonds is 7. The Balaban J connectivity index is 1.65. The van der Waals surface area contributed by atoms with Gasteiger partial charge in [-0.3, -0.25) is 9.78 Å². The largest absolute Gasteiger partial charge is 0.489 e. The molecule has 0 N–H and O–H groups in total. The van der Waals surface area contributed by atoms with Gasteiger partial charge in [0.05, 0.1) is 11.1 Å². The molecule has 190 valence electrons. The van der Waals surface area contributed by atoms with Crippen LogP contribution in [0.4, 0.5) is 13.2 Å². The molecule has 0 saturated carbocycles. The van der Waals surface area contributed by atoms with E-state index in [2.05, 4.69) is 4.98 Å². The van der Waals surface area contributed by atoms with Crippen LogP contribution in [0.15, 0.2) is 97.2 Å². The number of carbonyl (C=O) groups excluding carboxylic acids is 1. The fraction of sp³-hybridized carbons (Fsp3) is 0.0968. The first kappa shape index (κ1) is 25.5. The van der Waals surface area contributed by atoms with Gasteiger partial charge >= 0.3 is 6.18 Å². The lowest BCUT2D eigenvalue weighted by Gasteiger charge is -2.18. The molecule has 0 aliphatic carbocycles. The lowest BCUT2D eigenvalue weighted by molar-refractivity contribution is -0.136. The Kier molecular flexibility index (Phi) is 7.16. The smallest absolute Gasteiger partial charge is 0.418 e. The second-order valence-corrected chi connectivity index (χ2v) is 8.99. The standard InChI is InChI=1S/C31H21ClF3NO2/c32-16-20-11-13-21(14-12-20)19-38-24-7-3-6-22(15-24)29-26-9-4-10-28(31(33,34)35)30(26)36-17-27(29)25-8-2-1-5-23(25)18-37/h1-15,17-18H,16,19H2. The van der Waals surface area contributed by atoms with E-state index in [1.54, 1.807) is 48.5 Å². The van der Waals surface area contributed by atoms with E-state index in [9.17, 15) is 18.0 Å². The maximum atomic E-state index is 13.9. The Morgan fingerprint density at radius 1 is 0.842 bits per heavy atom. The highest BCUT2D eigenvalue weighted by atomic mass is 35.5. The fourth-order valence-electron chi connectivity index (χ4n) is 4.44. The number of alkyl halides is 4. The van der Waals surface area contributed by atoms with Crippen molar-refractivity contribution < 1.29 is 22.7 Å². The van der Waals surface area contributed by atoms with Crippen molar-refractivity contribution in [2.75, 3.05) is 0 Å². The van der Waals surface area contributed by atoms with E-state index in [1.807, 2.05) is 30.3 Å². The average Bonchev–Trinajstić information content (AvgIpc) is 2.95. The van der Waals surface area contributed by atoms with Crippen molar-refractivity contribution in [3.8, 4) is 28.0 Å². The molecule has 0 amide bonds. The number of fused-ring (bicyclic) bond motifs is 1. The second-order valence-electron chi connectivity index (χ2n) is 8.72. The number of ether oxygens (including phenoxy) is 1. The minimum Gasteiger partial charge on any atom is -0.489 e. The van der Waals surface area contributed by atoms with Gasteiger partial charge in [0.1, 0.15) is 12.4 Å². The molecule has 1 heterocycles. The number of aldehydes is 1. The first-order chi connectivity index (χ1) is 18.4. The average molecular weight is 532 g/mol. The highest BCUT2D eigenvalue weighted by Crippen LogP contribution is 2.42. The molecule has 0 atom stereocenters. The summed E-state index contributed by atoms with van der Waals surface area (Å²) in [6, 6.07) is 25.9. The Labute approximate surface area is 222 Å². The Bertz CT molecular complexity index is 1610. The molecular formula is C31H21ClF3NO2. The van der Waals surface area contributed by atoms with E-state index in [4.69, 9.17) is 16.3 Å². The molecule has 0 radical (unpaired) electrons. The quantitative estimate of drug-likeness (QED) is 0.156. The van der Waals surface area contributed by atoms with Gasteiger partial charge < -0.3 is 4.74 Å². The van der Waals surface area contributed by atoms with E-state index in [-0.39, 0.29) is 5.52 Å². The summed E-state index contributed by atoms with van der Waals surface area (Å²) in [6.45, 7) is 0.308. The lowest BCUT2D eigenvalue weighted by atomic mass is 9.90. The van der Waals surface area contributed by atoms with E-state index >= 15 is 0 Å². The number of hydrogen-bond donors (Lipinski definition) is 0. The van der Waals surface area contributed by atoms with Gasteiger partial charge in [0, 0.05) is 34.2 Å². The normalized spacial score (nSPS) is 11.5. The van der Waals surface area contributed by atoms with E-state index < -0.39 is 11.7 Å². The third-order valence-corrected chi connectivity index (χ3v) is 6.59. The van der Waals surface area contributed by atoms with Crippen LogP contribution in [0.1, 0.15) is 27.0 Å². The van der Waals surface area contributed by atoms with Gasteiger partial charge in [0.2, 0.25) is 0 Å². The summed E-state index contributed by atoms with van der Waals surface area (Å²) >= 11 is 5.86. The molecule has 38 heavy (non-hydrogen) atoms. The zero-order chi connectivity index (χ0) is 26.7. The van der Waals surface area contributed by atoms with E-state index in [0.717, 1.165) is 23.5 Å². The van der Waals surface area contributed by atoms with Crippen LogP contribution >= 0.6 is 11.6 Å². The van der Waals surface area contributed by atoms with Crippen LogP contribution in [-0.4, -0.2) is 11.3 Å². The number of pyridine rings is 1. The molecule has 1 aromatic heterocycles. The molecule has 3 nitrogen and oxygen atoms in total. The number of aromatic nitrogens is 1. The van der Waals surface area contributed by atoms with Crippen LogP contribution in [0.3, 0.4) is 0 Å². The summed E-state index contributed by atoms with van der Waals surface area (Å²) in [4.78, 5) is 16.0. The third kappa shape index (κ3) is 5.13. The molecule has 0 spiro atoms. The van der Waals surface area contributed by atoms with E-state index in [0.29, 0.717) is 51.4 Å².